The van der Waals surface area contributed by atoms with Crippen LogP contribution in [-0.2, 0) is 9.53 Å². The van der Waals surface area contributed by atoms with E-state index < -0.39 is 11.6 Å². The van der Waals surface area contributed by atoms with Crippen molar-refractivity contribution in [2.45, 2.75) is 13.8 Å². The number of carbonyl (C=O) groups excluding carboxylic acids is 1. The summed E-state index contributed by atoms with van der Waals surface area (Å²) in [5.41, 5.74) is -0.568. The van der Waals surface area contributed by atoms with E-state index in [0.717, 1.165) is 0 Å². The van der Waals surface area contributed by atoms with Gasteiger partial charge in [0.15, 0.2) is 12.4 Å². The molecule has 0 radical (unpaired) electrons. The Kier molecular flexibility index (Phi) is 4.88. The van der Waals surface area contributed by atoms with Crippen LogP contribution in [0.4, 0.5) is 0 Å². The number of hydrogen-bond donors (Lipinski definition) is 1. The molecule has 0 bridgehead atoms. The van der Waals surface area contributed by atoms with Crippen molar-refractivity contribution < 1.29 is 28.5 Å². The molecule has 0 aliphatic carbocycles. The largest absolute Gasteiger partial charge is 0.504 e. The summed E-state index contributed by atoms with van der Waals surface area (Å²) >= 11 is 0. The Hall–Kier alpha value is -2.70. The lowest BCUT2D eigenvalue weighted by Crippen LogP contribution is -2.14. The van der Waals surface area contributed by atoms with Gasteiger partial charge in [0, 0.05) is 0 Å². The summed E-state index contributed by atoms with van der Waals surface area (Å²) in [6, 6.07) is 4.44. The number of benzene rings is 1. The molecule has 1 aromatic carbocycles. The molecule has 0 fully saturated rings. The van der Waals surface area contributed by atoms with E-state index in [9.17, 15) is 14.7 Å². The Balaban J connectivity index is 2.32. The van der Waals surface area contributed by atoms with E-state index in [2.05, 4.69) is 0 Å². The van der Waals surface area contributed by atoms with E-state index in [1.165, 1.54) is 18.2 Å². The fourth-order valence-electron chi connectivity index (χ4n) is 1.85. The van der Waals surface area contributed by atoms with E-state index >= 15 is 0 Å². The fourth-order valence-corrected chi connectivity index (χ4v) is 1.85. The van der Waals surface area contributed by atoms with E-state index in [0.29, 0.717) is 5.75 Å². The average Bonchev–Trinajstić information content (AvgIpc) is 2.50. The number of aromatic hydroxyl groups is 1. The van der Waals surface area contributed by atoms with Crippen LogP contribution >= 0.6 is 0 Å². The molecule has 0 spiro atoms. The Morgan fingerprint density at radius 3 is 2.68 bits per heavy atom. The normalized spacial score (nSPS) is 10.5. The van der Waals surface area contributed by atoms with Gasteiger partial charge in [0.05, 0.1) is 18.6 Å². The van der Waals surface area contributed by atoms with Crippen molar-refractivity contribution in [1.82, 2.24) is 0 Å². The first-order valence-electron chi connectivity index (χ1n) is 6.77. The lowest BCUT2D eigenvalue weighted by atomic mass is 10.2. The lowest BCUT2D eigenvalue weighted by Gasteiger charge is -2.09. The van der Waals surface area contributed by atoms with Gasteiger partial charge in [-0.1, -0.05) is 0 Å². The summed E-state index contributed by atoms with van der Waals surface area (Å²) in [6.45, 7) is 3.60. The highest BCUT2D eigenvalue weighted by molar-refractivity contribution is 5.86. The highest BCUT2D eigenvalue weighted by Crippen LogP contribution is 2.33. The van der Waals surface area contributed by atoms with Crippen molar-refractivity contribution >= 4 is 16.9 Å². The molecule has 7 heteroatoms. The first-order valence-corrected chi connectivity index (χ1v) is 6.77. The van der Waals surface area contributed by atoms with Crippen LogP contribution in [-0.4, -0.2) is 30.9 Å². The summed E-state index contributed by atoms with van der Waals surface area (Å²) in [5, 5.41) is 10.4. The molecule has 0 unspecified atom stereocenters. The van der Waals surface area contributed by atoms with Gasteiger partial charge in [-0.15, -0.1) is 0 Å². The van der Waals surface area contributed by atoms with Crippen LogP contribution in [0.15, 0.2) is 27.4 Å². The minimum absolute atomic E-state index is 0.189. The third-order valence-electron chi connectivity index (χ3n) is 2.76. The molecule has 0 aliphatic rings. The van der Waals surface area contributed by atoms with E-state index in [1.807, 2.05) is 0 Å². The first kappa shape index (κ1) is 15.7. The third kappa shape index (κ3) is 3.30. The maximum atomic E-state index is 11.7. The van der Waals surface area contributed by atoms with Crippen LogP contribution in [0.25, 0.3) is 11.0 Å². The van der Waals surface area contributed by atoms with Crippen molar-refractivity contribution in [3.05, 3.63) is 28.6 Å². The van der Waals surface area contributed by atoms with Crippen molar-refractivity contribution in [1.29, 1.82) is 0 Å². The molecule has 0 saturated carbocycles. The van der Waals surface area contributed by atoms with Crippen LogP contribution in [0.2, 0.25) is 0 Å². The monoisotopic (exact) mass is 308 g/mol. The molecular weight excluding hydrogens is 292 g/mol. The summed E-state index contributed by atoms with van der Waals surface area (Å²) in [4.78, 5) is 22.9. The number of rotatable bonds is 6. The summed E-state index contributed by atoms with van der Waals surface area (Å²) < 4.78 is 20.1. The van der Waals surface area contributed by atoms with Crippen LogP contribution < -0.4 is 15.1 Å². The SMILES string of the molecule is CCOC(=O)COc1ccc2oc(=O)c(OCC)c(O)c2c1. The van der Waals surface area contributed by atoms with Crippen LogP contribution in [0.1, 0.15) is 13.8 Å². The second-order valence-corrected chi connectivity index (χ2v) is 4.25. The molecule has 1 N–H and O–H groups in total. The predicted octanol–water partition coefficient (Wildman–Crippen LogP) is 1.84. The highest BCUT2D eigenvalue weighted by Gasteiger charge is 2.16. The molecule has 0 atom stereocenters. The van der Waals surface area contributed by atoms with Crippen molar-refractivity contribution in [3.8, 4) is 17.2 Å². The number of ether oxygens (including phenoxy) is 3. The maximum absolute atomic E-state index is 11.7. The van der Waals surface area contributed by atoms with Gasteiger partial charge < -0.3 is 23.7 Å². The molecule has 118 valence electrons. The molecule has 7 nitrogen and oxygen atoms in total. The molecule has 22 heavy (non-hydrogen) atoms. The van der Waals surface area contributed by atoms with Crippen molar-refractivity contribution in [2.24, 2.45) is 0 Å². The zero-order valence-electron chi connectivity index (χ0n) is 12.3. The van der Waals surface area contributed by atoms with Gasteiger partial charge in [0.2, 0.25) is 5.75 Å². The standard InChI is InChI=1S/C15H16O7/c1-3-19-12(16)8-21-9-5-6-11-10(7-9)13(17)14(20-4-2)15(18)22-11/h5-7,17H,3-4,8H2,1-2H3. The molecule has 0 saturated heterocycles. The lowest BCUT2D eigenvalue weighted by molar-refractivity contribution is -0.145. The molecule has 2 rings (SSSR count). The summed E-state index contributed by atoms with van der Waals surface area (Å²) in [5.74, 6) is -0.749. The van der Waals surface area contributed by atoms with Crippen LogP contribution in [0.5, 0.6) is 17.2 Å². The molecule has 0 aliphatic heterocycles. The van der Waals surface area contributed by atoms with E-state index in [4.69, 9.17) is 18.6 Å². The second kappa shape index (κ2) is 6.84. The number of hydrogen-bond acceptors (Lipinski definition) is 7. The minimum Gasteiger partial charge on any atom is -0.504 e. The van der Waals surface area contributed by atoms with Gasteiger partial charge in [-0.2, -0.15) is 0 Å². The maximum Gasteiger partial charge on any atom is 0.383 e. The third-order valence-corrected chi connectivity index (χ3v) is 2.76. The van der Waals surface area contributed by atoms with Gasteiger partial charge in [-0.25, -0.2) is 9.59 Å². The van der Waals surface area contributed by atoms with Gasteiger partial charge in [-0.05, 0) is 32.0 Å². The van der Waals surface area contributed by atoms with E-state index in [-0.39, 0.29) is 42.3 Å². The molecular formula is C15H16O7. The Labute approximate surface area is 126 Å². The number of esters is 1. The molecule has 1 aromatic heterocycles. The van der Waals surface area contributed by atoms with Crippen LogP contribution in [0, 0.1) is 0 Å². The molecule has 2 aromatic rings. The zero-order valence-corrected chi connectivity index (χ0v) is 12.3. The smallest absolute Gasteiger partial charge is 0.383 e. The van der Waals surface area contributed by atoms with Crippen molar-refractivity contribution in [2.75, 3.05) is 19.8 Å². The van der Waals surface area contributed by atoms with Gasteiger partial charge in [0.25, 0.3) is 0 Å². The van der Waals surface area contributed by atoms with Gasteiger partial charge in [-0.3, -0.25) is 0 Å². The number of fused-ring (bicyclic) bond motifs is 1. The Morgan fingerprint density at radius 1 is 1.23 bits per heavy atom. The summed E-state index contributed by atoms with van der Waals surface area (Å²) in [7, 11) is 0. The fraction of sp³-hybridized carbons (Fsp3) is 0.333. The average molecular weight is 308 g/mol. The Morgan fingerprint density at radius 2 is 2.00 bits per heavy atom. The van der Waals surface area contributed by atoms with E-state index in [1.54, 1.807) is 13.8 Å². The molecule has 0 amide bonds. The molecule has 1 heterocycles. The number of carbonyl (C=O) groups is 1. The van der Waals surface area contributed by atoms with Crippen LogP contribution in [0.3, 0.4) is 0 Å². The highest BCUT2D eigenvalue weighted by atomic mass is 16.6. The minimum atomic E-state index is -0.757. The zero-order chi connectivity index (χ0) is 16.1. The predicted molar refractivity (Wildman–Crippen MR) is 77.4 cm³/mol. The quantitative estimate of drug-likeness (QED) is 0.642. The first-order chi connectivity index (χ1) is 10.6. The summed E-state index contributed by atoms with van der Waals surface area (Å²) in [6.07, 6.45) is 0. The topological polar surface area (TPSA) is 95.2 Å². The second-order valence-electron chi connectivity index (χ2n) is 4.25. The van der Waals surface area contributed by atoms with Gasteiger partial charge >= 0.3 is 11.6 Å². The van der Waals surface area contributed by atoms with Gasteiger partial charge in [0.1, 0.15) is 11.3 Å². The Bertz CT molecular complexity index is 732. The van der Waals surface area contributed by atoms with Crippen molar-refractivity contribution in [3.63, 3.8) is 0 Å².